The molecule has 0 spiro atoms. The van der Waals surface area contributed by atoms with Gasteiger partial charge in [-0.2, -0.15) is 4.31 Å². The summed E-state index contributed by atoms with van der Waals surface area (Å²) in [6.45, 7) is 6.08. The Labute approximate surface area is 195 Å². The van der Waals surface area contributed by atoms with Gasteiger partial charge in [-0.1, -0.05) is 42.0 Å². The Morgan fingerprint density at radius 3 is 2.27 bits per heavy atom. The van der Waals surface area contributed by atoms with Crippen LogP contribution in [-0.2, 0) is 32.7 Å². The molecule has 0 saturated carbocycles. The molecule has 3 rings (SSSR count). The number of hydrogen-bond acceptors (Lipinski definition) is 5. The summed E-state index contributed by atoms with van der Waals surface area (Å²) in [7, 11) is -3.65. The molecule has 1 aliphatic heterocycles. The van der Waals surface area contributed by atoms with E-state index < -0.39 is 27.4 Å². The van der Waals surface area contributed by atoms with Crippen molar-refractivity contribution in [2.45, 2.75) is 39.4 Å². The molecule has 2 amide bonds. The second-order valence-corrected chi connectivity index (χ2v) is 10.5. The molecule has 2 aromatic carbocycles. The first-order valence-electron chi connectivity index (χ1n) is 10.8. The molecule has 1 saturated heterocycles. The van der Waals surface area contributed by atoms with Crippen LogP contribution in [0.3, 0.4) is 0 Å². The second kappa shape index (κ2) is 9.93. The molecule has 1 fully saturated rings. The summed E-state index contributed by atoms with van der Waals surface area (Å²) in [6.07, 6.45) is 1.05. The molecular formula is C24H31N3O5S. The van der Waals surface area contributed by atoms with Crippen LogP contribution in [-0.4, -0.2) is 60.9 Å². The molecule has 178 valence electrons. The van der Waals surface area contributed by atoms with Crippen molar-refractivity contribution in [1.82, 2.24) is 14.5 Å². The summed E-state index contributed by atoms with van der Waals surface area (Å²) in [5.41, 5.74) is 1.47. The van der Waals surface area contributed by atoms with Crippen molar-refractivity contribution in [3.8, 4) is 5.75 Å². The predicted octanol–water partition coefficient (Wildman–Crippen LogP) is 2.07. The fraction of sp³-hybridized carbons (Fsp3) is 0.417. The molecule has 1 atom stereocenters. The third-order valence-electron chi connectivity index (χ3n) is 5.80. The SMILES string of the molecule is CCOc1ccc(CN2C(=O)CN(S(C)(=O)=O)C[C@]2(C)C(=O)NCc2ccc(C)cc2)cc1. The largest absolute Gasteiger partial charge is 0.494 e. The van der Waals surface area contributed by atoms with Crippen molar-refractivity contribution in [3.05, 3.63) is 65.2 Å². The van der Waals surface area contributed by atoms with Gasteiger partial charge in [-0.25, -0.2) is 8.42 Å². The Balaban J connectivity index is 1.85. The van der Waals surface area contributed by atoms with Crippen molar-refractivity contribution in [1.29, 1.82) is 0 Å². The lowest BCUT2D eigenvalue weighted by Gasteiger charge is -2.46. The average Bonchev–Trinajstić information content (AvgIpc) is 2.76. The van der Waals surface area contributed by atoms with Crippen LogP contribution >= 0.6 is 0 Å². The van der Waals surface area contributed by atoms with E-state index in [0.717, 1.165) is 27.3 Å². The number of carbonyl (C=O) groups is 2. The van der Waals surface area contributed by atoms with Crippen LogP contribution in [0.25, 0.3) is 0 Å². The number of amides is 2. The Bertz CT molecular complexity index is 1100. The maximum Gasteiger partial charge on any atom is 0.247 e. The lowest BCUT2D eigenvalue weighted by molar-refractivity contribution is -0.153. The molecule has 0 radical (unpaired) electrons. The zero-order chi connectivity index (χ0) is 24.2. The average molecular weight is 474 g/mol. The first-order chi connectivity index (χ1) is 15.5. The van der Waals surface area contributed by atoms with E-state index in [2.05, 4.69) is 5.32 Å². The number of rotatable bonds is 8. The monoisotopic (exact) mass is 473 g/mol. The Hall–Kier alpha value is -2.91. The normalized spacial score (nSPS) is 19.4. The zero-order valence-corrected chi connectivity index (χ0v) is 20.3. The standard InChI is InChI=1S/C24H31N3O5S/c1-5-32-21-12-10-20(11-13-21)15-27-22(28)16-26(33(4,30)31)17-24(27,3)23(29)25-14-19-8-6-18(2)7-9-19/h6-13H,5,14-17H2,1-4H3,(H,25,29)/t24-/m1/s1. The second-order valence-electron chi connectivity index (χ2n) is 8.53. The van der Waals surface area contributed by atoms with Crippen LogP contribution in [0.1, 0.15) is 30.5 Å². The van der Waals surface area contributed by atoms with E-state index in [1.807, 2.05) is 62.4 Å². The quantitative estimate of drug-likeness (QED) is 0.633. The molecule has 1 aliphatic rings. The number of benzene rings is 2. The first kappa shape index (κ1) is 24.7. The van der Waals surface area contributed by atoms with Crippen LogP contribution in [0.15, 0.2) is 48.5 Å². The Morgan fingerprint density at radius 1 is 1.09 bits per heavy atom. The molecular weight excluding hydrogens is 442 g/mol. The van der Waals surface area contributed by atoms with Gasteiger partial charge in [0, 0.05) is 19.6 Å². The van der Waals surface area contributed by atoms with Gasteiger partial charge in [-0.15, -0.1) is 0 Å². The molecule has 33 heavy (non-hydrogen) atoms. The highest BCUT2D eigenvalue weighted by Crippen LogP contribution is 2.27. The molecule has 0 unspecified atom stereocenters. The number of ether oxygens (including phenoxy) is 1. The summed E-state index contributed by atoms with van der Waals surface area (Å²) in [5.74, 6) is -0.114. The maximum absolute atomic E-state index is 13.4. The van der Waals surface area contributed by atoms with Crippen LogP contribution in [0, 0.1) is 6.92 Å². The minimum Gasteiger partial charge on any atom is -0.494 e. The summed E-state index contributed by atoms with van der Waals surface area (Å²) >= 11 is 0. The molecule has 8 nitrogen and oxygen atoms in total. The zero-order valence-electron chi connectivity index (χ0n) is 19.5. The van der Waals surface area contributed by atoms with Gasteiger partial charge in [0.05, 0.1) is 19.4 Å². The molecule has 0 aromatic heterocycles. The lowest BCUT2D eigenvalue weighted by Crippen LogP contribution is -2.69. The fourth-order valence-electron chi connectivity index (χ4n) is 3.81. The van der Waals surface area contributed by atoms with E-state index in [1.54, 1.807) is 6.92 Å². The number of piperazine rings is 1. The molecule has 1 N–H and O–H groups in total. The van der Waals surface area contributed by atoms with Gasteiger partial charge in [0.15, 0.2) is 0 Å². The van der Waals surface area contributed by atoms with Crippen LogP contribution in [0.5, 0.6) is 5.75 Å². The number of sulfonamides is 1. The molecule has 0 aliphatic carbocycles. The van der Waals surface area contributed by atoms with Gasteiger partial charge >= 0.3 is 0 Å². The van der Waals surface area contributed by atoms with Crippen molar-refractivity contribution in [2.75, 3.05) is 26.0 Å². The number of nitrogens with zero attached hydrogens (tertiary/aromatic N) is 2. The number of nitrogens with one attached hydrogen (secondary N) is 1. The van der Waals surface area contributed by atoms with Crippen LogP contribution in [0.4, 0.5) is 0 Å². The van der Waals surface area contributed by atoms with E-state index in [-0.39, 0.29) is 26.2 Å². The summed E-state index contributed by atoms with van der Waals surface area (Å²) < 4.78 is 31.0. The van der Waals surface area contributed by atoms with Crippen molar-refractivity contribution < 1.29 is 22.7 Å². The van der Waals surface area contributed by atoms with Gasteiger partial charge in [-0.05, 0) is 44.0 Å². The number of hydrogen-bond donors (Lipinski definition) is 1. The molecule has 2 aromatic rings. The van der Waals surface area contributed by atoms with Crippen molar-refractivity contribution >= 4 is 21.8 Å². The summed E-state index contributed by atoms with van der Waals surface area (Å²) in [4.78, 5) is 27.9. The minimum atomic E-state index is -3.65. The lowest BCUT2D eigenvalue weighted by atomic mass is 9.94. The summed E-state index contributed by atoms with van der Waals surface area (Å²) in [5, 5.41) is 2.89. The highest BCUT2D eigenvalue weighted by Gasteiger charge is 2.49. The third-order valence-corrected chi connectivity index (χ3v) is 7.00. The van der Waals surface area contributed by atoms with Crippen LogP contribution < -0.4 is 10.1 Å². The minimum absolute atomic E-state index is 0.117. The van der Waals surface area contributed by atoms with Crippen molar-refractivity contribution in [2.24, 2.45) is 0 Å². The highest BCUT2D eigenvalue weighted by molar-refractivity contribution is 7.88. The molecule has 9 heteroatoms. The number of carbonyl (C=O) groups excluding carboxylic acids is 2. The predicted molar refractivity (Wildman–Crippen MR) is 126 cm³/mol. The first-order valence-corrected chi connectivity index (χ1v) is 12.7. The van der Waals surface area contributed by atoms with E-state index in [9.17, 15) is 18.0 Å². The smallest absolute Gasteiger partial charge is 0.247 e. The van der Waals surface area contributed by atoms with Gasteiger partial charge < -0.3 is 15.0 Å². The number of aryl methyl sites for hydroxylation is 1. The maximum atomic E-state index is 13.4. The topological polar surface area (TPSA) is 96.0 Å². The van der Waals surface area contributed by atoms with Crippen molar-refractivity contribution in [3.63, 3.8) is 0 Å². The van der Waals surface area contributed by atoms with E-state index >= 15 is 0 Å². The van der Waals surface area contributed by atoms with Gasteiger partial charge in [0.1, 0.15) is 11.3 Å². The van der Waals surface area contributed by atoms with Gasteiger partial charge in [0.25, 0.3) is 0 Å². The van der Waals surface area contributed by atoms with Gasteiger partial charge in [0.2, 0.25) is 21.8 Å². The van der Waals surface area contributed by atoms with Gasteiger partial charge in [-0.3, -0.25) is 9.59 Å². The van der Waals surface area contributed by atoms with E-state index in [0.29, 0.717) is 12.4 Å². The summed E-state index contributed by atoms with van der Waals surface area (Å²) in [6, 6.07) is 15.1. The Morgan fingerprint density at radius 2 is 1.70 bits per heavy atom. The fourth-order valence-corrected chi connectivity index (χ4v) is 4.64. The molecule has 0 bridgehead atoms. The van der Waals surface area contributed by atoms with E-state index in [1.165, 1.54) is 4.90 Å². The highest BCUT2D eigenvalue weighted by atomic mass is 32.2. The Kier molecular flexibility index (Phi) is 7.44. The molecule has 1 heterocycles. The van der Waals surface area contributed by atoms with Crippen LogP contribution in [0.2, 0.25) is 0 Å². The third kappa shape index (κ3) is 5.91. The van der Waals surface area contributed by atoms with E-state index in [4.69, 9.17) is 4.74 Å².